The summed E-state index contributed by atoms with van der Waals surface area (Å²) in [6, 6.07) is -1.05. The Bertz CT molecular complexity index is 954. The van der Waals surface area contributed by atoms with Gasteiger partial charge in [0.2, 0.25) is 5.91 Å². The molecule has 0 aliphatic heterocycles. The highest BCUT2D eigenvalue weighted by Gasteiger charge is 2.24. The van der Waals surface area contributed by atoms with E-state index in [1.165, 1.54) is 225 Å². The minimum Gasteiger partial charge on any atom is -0.387 e. The molecule has 0 fully saturated rings. The summed E-state index contributed by atoms with van der Waals surface area (Å²) in [6.07, 6.45) is 56.5. The molecule has 2 unspecified atom stereocenters. The number of aliphatic hydroxyl groups excluding tert-OH is 1. The molecule has 0 saturated heterocycles. The summed E-state index contributed by atoms with van der Waals surface area (Å²) in [5.41, 5.74) is 0. The van der Waals surface area contributed by atoms with E-state index in [0.717, 1.165) is 38.5 Å². The van der Waals surface area contributed by atoms with Crippen LogP contribution in [0.25, 0.3) is 0 Å². The number of amides is 1. The third-order valence-electron chi connectivity index (χ3n) is 12.0. The van der Waals surface area contributed by atoms with Crippen molar-refractivity contribution >= 4 is 16.0 Å². The SMILES string of the molecule is CCCCCCCCCCCCCCCCCCC/C=C/C(O)C(CS(=O)(=O)O)NC(=O)CCCCCCCCCCCCCCCCCCCCCCCCC. The highest BCUT2D eigenvalue weighted by Crippen LogP contribution is 2.17. The van der Waals surface area contributed by atoms with Crippen LogP contribution in [0.3, 0.4) is 0 Å². The quantitative estimate of drug-likeness (QED) is 0.0322. The van der Waals surface area contributed by atoms with Crippen molar-refractivity contribution in [3.63, 3.8) is 0 Å². The molecule has 0 rings (SSSR count). The number of aliphatic hydroxyl groups is 1. The smallest absolute Gasteiger partial charge is 0.267 e. The van der Waals surface area contributed by atoms with E-state index in [2.05, 4.69) is 19.2 Å². The first-order chi connectivity index (χ1) is 27.8. The maximum absolute atomic E-state index is 12.6. The van der Waals surface area contributed by atoms with Crippen LogP contribution in [0.1, 0.15) is 284 Å². The number of rotatable bonds is 47. The summed E-state index contributed by atoms with van der Waals surface area (Å²) in [4.78, 5) is 12.6. The number of carbonyl (C=O) groups is 1. The summed E-state index contributed by atoms with van der Waals surface area (Å²) < 4.78 is 32.7. The van der Waals surface area contributed by atoms with Gasteiger partial charge in [-0.05, 0) is 19.3 Å². The molecular weight excluding hydrogens is 727 g/mol. The number of unbranched alkanes of at least 4 members (excludes halogenated alkanes) is 39. The Kier molecular flexibility index (Phi) is 43.9. The normalized spacial score (nSPS) is 13.1. The number of allylic oxidation sites excluding steroid dienone is 1. The van der Waals surface area contributed by atoms with E-state index in [0.29, 0.717) is 6.42 Å². The summed E-state index contributed by atoms with van der Waals surface area (Å²) in [5.74, 6) is -0.962. The Morgan fingerprint density at radius 3 is 1.00 bits per heavy atom. The lowest BCUT2D eigenvalue weighted by Crippen LogP contribution is -2.46. The lowest BCUT2D eigenvalue weighted by Gasteiger charge is -2.21. The molecule has 0 aliphatic rings. The molecule has 0 radical (unpaired) electrons. The highest BCUT2D eigenvalue weighted by atomic mass is 32.2. The van der Waals surface area contributed by atoms with Gasteiger partial charge in [0.15, 0.2) is 0 Å². The lowest BCUT2D eigenvalue weighted by molar-refractivity contribution is -0.122. The van der Waals surface area contributed by atoms with E-state index >= 15 is 0 Å². The van der Waals surface area contributed by atoms with Crippen LogP contribution in [0.4, 0.5) is 0 Å². The van der Waals surface area contributed by atoms with Gasteiger partial charge in [0, 0.05) is 6.42 Å². The second kappa shape index (κ2) is 44.6. The van der Waals surface area contributed by atoms with Crippen LogP contribution in [0.5, 0.6) is 0 Å². The molecule has 57 heavy (non-hydrogen) atoms. The largest absolute Gasteiger partial charge is 0.387 e. The van der Waals surface area contributed by atoms with Gasteiger partial charge in [0.25, 0.3) is 10.1 Å². The molecular formula is C50H99NO5S. The average Bonchev–Trinajstić information content (AvgIpc) is 3.18. The molecule has 0 aromatic carbocycles. The van der Waals surface area contributed by atoms with Crippen molar-refractivity contribution in [3.05, 3.63) is 12.2 Å². The van der Waals surface area contributed by atoms with Crippen LogP contribution in [-0.4, -0.2) is 41.9 Å². The van der Waals surface area contributed by atoms with E-state index in [4.69, 9.17) is 0 Å². The van der Waals surface area contributed by atoms with Crippen LogP contribution in [0.2, 0.25) is 0 Å². The highest BCUT2D eigenvalue weighted by molar-refractivity contribution is 7.85. The molecule has 0 aromatic rings. The van der Waals surface area contributed by atoms with E-state index in [9.17, 15) is 22.9 Å². The van der Waals surface area contributed by atoms with Gasteiger partial charge in [0.1, 0.15) is 0 Å². The number of hydrogen-bond donors (Lipinski definition) is 3. The fraction of sp³-hybridized carbons (Fsp3) is 0.940. The van der Waals surface area contributed by atoms with Crippen LogP contribution in [0, 0.1) is 0 Å². The van der Waals surface area contributed by atoms with Crippen LogP contribution in [0.15, 0.2) is 12.2 Å². The lowest BCUT2D eigenvalue weighted by atomic mass is 10.0. The Morgan fingerprint density at radius 2 is 0.719 bits per heavy atom. The minimum absolute atomic E-state index is 0.271. The zero-order valence-corrected chi connectivity index (χ0v) is 39.1. The summed E-state index contributed by atoms with van der Waals surface area (Å²) in [5, 5.41) is 13.3. The van der Waals surface area contributed by atoms with E-state index in [-0.39, 0.29) is 5.91 Å². The molecule has 2 atom stereocenters. The molecule has 1 amide bonds. The van der Waals surface area contributed by atoms with Gasteiger partial charge in [-0.1, -0.05) is 270 Å². The second-order valence-corrected chi connectivity index (χ2v) is 19.3. The Morgan fingerprint density at radius 1 is 0.456 bits per heavy atom. The molecule has 3 N–H and O–H groups in total. The first-order valence-electron chi connectivity index (χ1n) is 25.4. The van der Waals surface area contributed by atoms with Crippen molar-refractivity contribution in [1.82, 2.24) is 5.32 Å². The standard InChI is InChI=1S/C50H99NO5S/c1-3-5-7-9-11-13-15-17-19-21-23-24-25-26-28-30-32-34-36-38-40-42-44-46-50(53)51-48(47-57(54,55)56)49(52)45-43-41-39-37-35-33-31-29-27-22-20-18-16-14-12-10-8-6-4-2/h43,45,48-49,52H,3-42,44,46-47H2,1-2H3,(H,51,53)(H,54,55,56)/b45-43+. The monoisotopic (exact) mass is 826 g/mol. The van der Waals surface area contributed by atoms with Gasteiger partial charge in [0.05, 0.1) is 17.9 Å². The topological polar surface area (TPSA) is 104 Å². The predicted octanol–water partition coefficient (Wildman–Crippen LogP) is 15.7. The van der Waals surface area contributed by atoms with Crippen molar-refractivity contribution < 1.29 is 22.9 Å². The van der Waals surface area contributed by atoms with Crippen molar-refractivity contribution in [2.45, 2.75) is 296 Å². The molecule has 0 bridgehead atoms. The maximum atomic E-state index is 12.6. The van der Waals surface area contributed by atoms with Crippen LogP contribution in [-0.2, 0) is 14.9 Å². The van der Waals surface area contributed by atoms with Gasteiger partial charge >= 0.3 is 0 Å². The summed E-state index contributed by atoms with van der Waals surface area (Å²) in [6.45, 7) is 4.56. The van der Waals surface area contributed by atoms with E-state index in [1.54, 1.807) is 6.08 Å². The molecule has 0 aliphatic carbocycles. The van der Waals surface area contributed by atoms with Gasteiger partial charge < -0.3 is 10.4 Å². The molecule has 0 spiro atoms. The van der Waals surface area contributed by atoms with Crippen molar-refractivity contribution in [3.8, 4) is 0 Å². The molecule has 0 aromatic heterocycles. The van der Waals surface area contributed by atoms with E-state index < -0.39 is 28.0 Å². The molecule has 0 heterocycles. The zero-order valence-electron chi connectivity index (χ0n) is 38.2. The molecule has 7 heteroatoms. The Hall–Kier alpha value is -0.920. The van der Waals surface area contributed by atoms with Crippen LogP contribution >= 0.6 is 0 Å². The Labute approximate surface area is 356 Å². The van der Waals surface area contributed by atoms with Crippen LogP contribution < -0.4 is 5.32 Å². The van der Waals surface area contributed by atoms with E-state index in [1.807, 2.05) is 6.08 Å². The number of carbonyl (C=O) groups excluding carboxylic acids is 1. The number of hydrogen-bond acceptors (Lipinski definition) is 4. The fourth-order valence-corrected chi connectivity index (χ4v) is 8.89. The second-order valence-electron chi connectivity index (χ2n) is 17.8. The van der Waals surface area contributed by atoms with Gasteiger partial charge in [-0.2, -0.15) is 8.42 Å². The van der Waals surface area contributed by atoms with Crippen molar-refractivity contribution in [1.29, 1.82) is 0 Å². The van der Waals surface area contributed by atoms with Crippen molar-refractivity contribution in [2.24, 2.45) is 0 Å². The predicted molar refractivity (Wildman–Crippen MR) is 249 cm³/mol. The number of nitrogens with one attached hydrogen (secondary N) is 1. The molecule has 0 saturated carbocycles. The third-order valence-corrected chi connectivity index (χ3v) is 12.7. The van der Waals surface area contributed by atoms with Gasteiger partial charge in [-0.3, -0.25) is 9.35 Å². The first-order valence-corrected chi connectivity index (χ1v) is 27.0. The molecule has 340 valence electrons. The average molecular weight is 826 g/mol. The maximum Gasteiger partial charge on any atom is 0.267 e. The first kappa shape index (κ1) is 56.1. The summed E-state index contributed by atoms with van der Waals surface area (Å²) in [7, 11) is -4.34. The minimum atomic E-state index is -4.34. The van der Waals surface area contributed by atoms with Crippen molar-refractivity contribution in [2.75, 3.05) is 5.75 Å². The molecule has 6 nitrogen and oxygen atoms in total. The van der Waals surface area contributed by atoms with Gasteiger partial charge in [-0.15, -0.1) is 0 Å². The zero-order chi connectivity index (χ0) is 41.8. The third kappa shape index (κ3) is 46.0. The summed E-state index contributed by atoms with van der Waals surface area (Å²) >= 11 is 0. The fourth-order valence-electron chi connectivity index (χ4n) is 8.16. The van der Waals surface area contributed by atoms with Gasteiger partial charge in [-0.25, -0.2) is 0 Å². The Balaban J connectivity index is 3.75.